The number of likely N-dealkylation sites (tertiary alicyclic amines) is 3. The fourth-order valence-corrected chi connectivity index (χ4v) is 8.84. The van der Waals surface area contributed by atoms with Gasteiger partial charge in [0.15, 0.2) is 0 Å². The third kappa shape index (κ3) is 8.77. The molecule has 2 aromatic carbocycles. The average molecular weight is 838 g/mol. The molecule has 4 N–H and O–H groups in total. The summed E-state index contributed by atoms with van der Waals surface area (Å²) in [4.78, 5) is 85.7. The van der Waals surface area contributed by atoms with Crippen molar-refractivity contribution in [3.63, 3.8) is 0 Å². The van der Waals surface area contributed by atoms with Crippen LogP contribution in [-0.2, 0) is 23.8 Å². The van der Waals surface area contributed by atoms with Crippen LogP contribution in [0, 0.1) is 17.3 Å². The third-order valence-electron chi connectivity index (χ3n) is 12.1. The van der Waals surface area contributed by atoms with Crippen molar-refractivity contribution in [1.82, 2.24) is 45.3 Å². The van der Waals surface area contributed by atoms with Gasteiger partial charge in [-0.3, -0.25) is 9.59 Å². The number of carbonyl (C=O) groups is 5. The number of alkyl carbamates (subject to hydrolysis) is 2. The van der Waals surface area contributed by atoms with Crippen molar-refractivity contribution in [1.29, 1.82) is 0 Å². The van der Waals surface area contributed by atoms with Crippen LogP contribution in [0.2, 0.25) is 0 Å². The van der Waals surface area contributed by atoms with E-state index in [1.54, 1.807) is 27.1 Å². The lowest BCUT2D eigenvalue weighted by Gasteiger charge is -2.46. The Kier molecular flexibility index (Phi) is 12.4. The van der Waals surface area contributed by atoms with E-state index >= 15 is 0 Å². The van der Waals surface area contributed by atoms with Crippen molar-refractivity contribution in [2.75, 3.05) is 47.5 Å². The van der Waals surface area contributed by atoms with Gasteiger partial charge in [-0.1, -0.05) is 76.2 Å². The van der Waals surface area contributed by atoms with Crippen LogP contribution in [0.15, 0.2) is 60.9 Å². The Balaban J connectivity index is 1.04. The Hall–Kier alpha value is -6.39. The Morgan fingerprint density at radius 3 is 1.57 bits per heavy atom. The second kappa shape index (κ2) is 17.7. The van der Waals surface area contributed by atoms with Crippen LogP contribution in [0.1, 0.15) is 70.7 Å². The molecule has 3 fully saturated rings. The number of methoxy groups -OCH3 is 3. The summed E-state index contributed by atoms with van der Waals surface area (Å²) >= 11 is 0. The zero-order chi connectivity index (χ0) is 43.6. The summed E-state index contributed by atoms with van der Waals surface area (Å²) in [6.45, 7) is 9.41. The number of aromatic amines is 2. The van der Waals surface area contributed by atoms with Crippen LogP contribution in [-0.4, -0.2) is 124 Å². The van der Waals surface area contributed by atoms with Gasteiger partial charge in [0.2, 0.25) is 11.8 Å². The molecule has 0 radical (unpaired) electrons. The molecular weight excluding hydrogens is 783 g/mol. The molecule has 17 heteroatoms. The third-order valence-corrected chi connectivity index (χ3v) is 12.1. The number of imidazole rings is 2. The number of hydrogen-bond donors (Lipinski definition) is 4. The zero-order valence-electron chi connectivity index (χ0n) is 35.7. The van der Waals surface area contributed by atoms with Gasteiger partial charge >= 0.3 is 18.3 Å². The van der Waals surface area contributed by atoms with Crippen molar-refractivity contribution < 1.29 is 38.2 Å². The molecule has 2 unspecified atom stereocenters. The van der Waals surface area contributed by atoms with E-state index in [1.807, 2.05) is 64.1 Å². The first-order chi connectivity index (χ1) is 29.2. The maximum absolute atomic E-state index is 14.1. The molecule has 17 nitrogen and oxygen atoms in total. The lowest BCUT2D eigenvalue weighted by Crippen LogP contribution is -2.60. The van der Waals surface area contributed by atoms with E-state index in [9.17, 15) is 24.0 Å². The van der Waals surface area contributed by atoms with Crippen LogP contribution in [0.25, 0.3) is 33.6 Å². The predicted molar refractivity (Wildman–Crippen MR) is 225 cm³/mol. The van der Waals surface area contributed by atoms with Gasteiger partial charge < -0.3 is 49.5 Å². The quantitative estimate of drug-likeness (QED) is 0.132. The van der Waals surface area contributed by atoms with Crippen molar-refractivity contribution in [3.8, 4) is 33.6 Å². The van der Waals surface area contributed by atoms with Gasteiger partial charge in [-0.05, 0) is 53.4 Å². The smallest absolute Gasteiger partial charge is 0.409 e. The number of nitrogens with zero attached hydrogens (tertiary/aromatic N) is 5. The number of ether oxygens (including phenoxy) is 3. The fourth-order valence-electron chi connectivity index (χ4n) is 8.84. The molecule has 5 amide bonds. The summed E-state index contributed by atoms with van der Waals surface area (Å²) in [7, 11) is 3.90. The first kappa shape index (κ1) is 42.7. The predicted octanol–water partition coefficient (Wildman–Crippen LogP) is 5.90. The Morgan fingerprint density at radius 2 is 1.11 bits per heavy atom. The molecule has 0 bridgehead atoms. The maximum Gasteiger partial charge on any atom is 0.409 e. The Labute approximate surface area is 354 Å². The van der Waals surface area contributed by atoms with Gasteiger partial charge in [0.1, 0.15) is 23.7 Å². The Morgan fingerprint density at radius 1 is 0.656 bits per heavy atom. The minimum absolute atomic E-state index is 0.118. The highest BCUT2D eigenvalue weighted by Crippen LogP contribution is 2.48. The lowest BCUT2D eigenvalue weighted by molar-refractivity contribution is -0.136. The normalized spacial score (nSPS) is 19.1. The van der Waals surface area contributed by atoms with Crippen molar-refractivity contribution in [3.05, 3.63) is 72.6 Å². The first-order valence-corrected chi connectivity index (χ1v) is 20.7. The molecule has 4 aromatic rings. The molecule has 2 aromatic heterocycles. The minimum atomic E-state index is -0.808. The molecular formula is C44H55N9O8. The van der Waals surface area contributed by atoms with Gasteiger partial charge in [0.05, 0.1) is 57.2 Å². The summed E-state index contributed by atoms with van der Waals surface area (Å²) in [6, 6.07) is 14.2. The van der Waals surface area contributed by atoms with E-state index in [2.05, 4.69) is 37.7 Å². The highest BCUT2D eigenvalue weighted by molar-refractivity contribution is 5.87. The summed E-state index contributed by atoms with van der Waals surface area (Å²) < 4.78 is 14.5. The topological polar surface area (TPSA) is 204 Å². The standard InChI is InChI=1S/C44H55N9O8/c1-25(2)35(49-41(56)59-5)39(54)52-18-8-9-33(52)37-45-20-31(47-37)29-14-10-27(11-15-29)28-12-16-30(17-13-28)32-21-46-38(48-32)34-19-44(22-51(23-44)43(58)61-7)24-53(34)40(55)36(26(3)4)50-42(57)60-6/h10-17,20-21,25-26,33-36H,8-9,18-19,22-24H2,1-7H3,(H,45,47)(H,46,48)(H,49,56)(H,50,57)/t33?,34?,35-,36-/m0/s1. The molecule has 0 aliphatic carbocycles. The highest BCUT2D eigenvalue weighted by atomic mass is 16.5. The molecule has 3 aliphatic rings. The zero-order valence-corrected chi connectivity index (χ0v) is 35.7. The monoisotopic (exact) mass is 837 g/mol. The van der Waals surface area contributed by atoms with Gasteiger partial charge in [0.25, 0.3) is 0 Å². The average Bonchev–Trinajstić information content (AvgIpc) is 4.09. The van der Waals surface area contributed by atoms with Crippen molar-refractivity contribution in [2.45, 2.75) is 71.1 Å². The minimum Gasteiger partial charge on any atom is -0.453 e. The number of carbonyl (C=O) groups excluding carboxylic acids is 5. The second-order valence-corrected chi connectivity index (χ2v) is 16.9. The van der Waals surface area contributed by atoms with Gasteiger partial charge in [-0.2, -0.15) is 0 Å². The summed E-state index contributed by atoms with van der Waals surface area (Å²) in [6.07, 6.45) is 4.03. The van der Waals surface area contributed by atoms with Gasteiger partial charge in [-0.15, -0.1) is 0 Å². The molecule has 61 heavy (non-hydrogen) atoms. The number of amides is 5. The SMILES string of the molecule is COC(=O)N[C@H](C(=O)N1CCCC1c1ncc(-c2ccc(-c3ccc(-c4cnc(C5CC6(CN(C(=O)OC)C6)CN5C(=O)[C@@H](NC(=O)OC)C(C)C)[nH]4)cc3)cc2)[nH]1)C(C)C. The van der Waals surface area contributed by atoms with Crippen LogP contribution in [0.3, 0.4) is 0 Å². The lowest BCUT2D eigenvalue weighted by atomic mass is 9.78. The van der Waals surface area contributed by atoms with Gasteiger partial charge in [-0.25, -0.2) is 24.4 Å². The van der Waals surface area contributed by atoms with E-state index in [4.69, 9.17) is 19.2 Å². The van der Waals surface area contributed by atoms with E-state index in [0.29, 0.717) is 44.2 Å². The summed E-state index contributed by atoms with van der Waals surface area (Å²) in [5.41, 5.74) is 5.22. The number of nitrogens with one attached hydrogen (secondary N) is 4. The Bertz CT molecular complexity index is 2230. The number of H-pyrrole nitrogens is 2. The molecule has 3 aliphatic heterocycles. The summed E-state index contributed by atoms with van der Waals surface area (Å²) in [5, 5.41) is 5.40. The van der Waals surface area contributed by atoms with Crippen LogP contribution in [0.4, 0.5) is 14.4 Å². The van der Waals surface area contributed by atoms with Gasteiger partial charge in [0, 0.05) is 31.6 Å². The number of aromatic nitrogens is 4. The number of benzene rings is 2. The number of hydrogen-bond acceptors (Lipinski definition) is 10. The van der Waals surface area contributed by atoms with E-state index in [0.717, 1.165) is 46.5 Å². The molecule has 4 atom stereocenters. The van der Waals surface area contributed by atoms with E-state index in [1.165, 1.54) is 21.3 Å². The number of rotatable bonds is 11. The van der Waals surface area contributed by atoms with Crippen LogP contribution < -0.4 is 10.6 Å². The fraction of sp³-hybridized carbons (Fsp3) is 0.477. The van der Waals surface area contributed by atoms with E-state index < -0.39 is 36.4 Å². The summed E-state index contributed by atoms with van der Waals surface area (Å²) in [5.74, 6) is 0.622. The van der Waals surface area contributed by atoms with Crippen molar-refractivity contribution in [2.24, 2.45) is 17.3 Å². The molecule has 3 saturated heterocycles. The highest BCUT2D eigenvalue weighted by Gasteiger charge is 2.56. The molecule has 1 spiro atoms. The largest absolute Gasteiger partial charge is 0.453 e. The maximum atomic E-state index is 14.1. The first-order valence-electron chi connectivity index (χ1n) is 20.7. The second-order valence-electron chi connectivity index (χ2n) is 16.9. The van der Waals surface area contributed by atoms with E-state index in [-0.39, 0.29) is 35.1 Å². The molecule has 324 valence electrons. The van der Waals surface area contributed by atoms with Crippen LogP contribution in [0.5, 0.6) is 0 Å². The molecule has 5 heterocycles. The van der Waals surface area contributed by atoms with Crippen LogP contribution >= 0.6 is 0 Å². The molecule has 0 saturated carbocycles. The van der Waals surface area contributed by atoms with Crippen molar-refractivity contribution >= 4 is 30.1 Å². The molecule has 7 rings (SSSR count).